The number of carbonyl (C=O) groups is 2. The number of hydrogen-bond donors (Lipinski definition) is 2. The molecule has 1 rings (SSSR count). The van der Waals surface area contributed by atoms with Crippen molar-refractivity contribution in [3.63, 3.8) is 0 Å². The zero-order chi connectivity index (χ0) is 12.8. The highest BCUT2D eigenvalue weighted by molar-refractivity contribution is 9.10. The van der Waals surface area contributed by atoms with E-state index < -0.39 is 12.0 Å². The molecule has 0 spiro atoms. The van der Waals surface area contributed by atoms with Crippen molar-refractivity contribution >= 4 is 39.1 Å². The maximum Gasteiger partial charge on any atom is 0.326 e. The third-order valence-electron chi connectivity index (χ3n) is 2.27. The third kappa shape index (κ3) is 4.12. The molecule has 0 aliphatic rings. The van der Waals surface area contributed by atoms with Gasteiger partial charge in [0, 0.05) is 4.47 Å². The van der Waals surface area contributed by atoms with E-state index in [1.807, 2.05) is 6.92 Å². The van der Waals surface area contributed by atoms with Crippen molar-refractivity contribution in [2.75, 3.05) is 0 Å². The molecule has 0 aliphatic carbocycles. The van der Waals surface area contributed by atoms with Crippen molar-refractivity contribution in [1.82, 2.24) is 5.32 Å². The summed E-state index contributed by atoms with van der Waals surface area (Å²) in [5.74, 6) is -1.32. The van der Waals surface area contributed by atoms with Gasteiger partial charge in [-0.05, 0) is 33.8 Å². The predicted molar refractivity (Wildman–Crippen MR) is 70.4 cm³/mol. The molecule has 0 saturated carbocycles. The number of unbranched alkanes of at least 4 members (excludes halogenated alkanes) is 1. The topological polar surface area (TPSA) is 66.4 Å². The van der Waals surface area contributed by atoms with Crippen LogP contribution in [0, 0.1) is 0 Å². The predicted octanol–water partition coefficient (Wildman–Crippen LogP) is 2.88. The first-order chi connectivity index (χ1) is 8.06. The van der Waals surface area contributed by atoms with Crippen LogP contribution in [0.1, 0.15) is 35.9 Å². The number of carboxylic acid groups (broad SMARTS) is 1. The minimum Gasteiger partial charge on any atom is -0.480 e. The summed E-state index contributed by atoms with van der Waals surface area (Å²) in [4.78, 5) is 23.3. The lowest BCUT2D eigenvalue weighted by atomic mass is 10.1. The number of hydrogen-bond acceptors (Lipinski definition) is 3. The highest BCUT2D eigenvalue weighted by Gasteiger charge is 2.21. The molecular weight excluding hydrogens is 306 g/mol. The standard InChI is InChI=1S/C11H14BrNO3S/c1-2-3-4-8(11(15)16)13-10(14)9-7(12)5-6-17-9/h5-6,8H,2-4H2,1H3,(H,13,14)(H,15,16). The van der Waals surface area contributed by atoms with Crippen LogP contribution in [0.4, 0.5) is 0 Å². The SMILES string of the molecule is CCCCC(NC(=O)c1sccc1Br)C(=O)O. The van der Waals surface area contributed by atoms with E-state index in [1.54, 1.807) is 11.4 Å². The minimum atomic E-state index is -0.987. The second-order valence-corrected chi connectivity index (χ2v) is 5.37. The fraction of sp³-hybridized carbons (Fsp3) is 0.455. The summed E-state index contributed by atoms with van der Waals surface area (Å²) in [6.45, 7) is 1.98. The normalized spacial score (nSPS) is 12.1. The van der Waals surface area contributed by atoms with E-state index in [4.69, 9.17) is 5.11 Å². The van der Waals surface area contributed by atoms with Crippen molar-refractivity contribution < 1.29 is 14.7 Å². The highest BCUT2D eigenvalue weighted by atomic mass is 79.9. The Bertz CT molecular complexity index is 405. The van der Waals surface area contributed by atoms with Crippen molar-refractivity contribution in [3.8, 4) is 0 Å². The lowest BCUT2D eigenvalue weighted by Gasteiger charge is -2.13. The number of carbonyl (C=O) groups excluding carboxylic acids is 1. The lowest BCUT2D eigenvalue weighted by Crippen LogP contribution is -2.40. The van der Waals surface area contributed by atoms with Crippen LogP contribution >= 0.6 is 27.3 Å². The van der Waals surface area contributed by atoms with Crippen LogP contribution in [0.3, 0.4) is 0 Å². The highest BCUT2D eigenvalue weighted by Crippen LogP contribution is 2.22. The quantitative estimate of drug-likeness (QED) is 0.847. The van der Waals surface area contributed by atoms with Crippen LogP contribution in [0.5, 0.6) is 0 Å². The van der Waals surface area contributed by atoms with Crippen LogP contribution in [0.15, 0.2) is 15.9 Å². The van der Waals surface area contributed by atoms with Gasteiger partial charge in [0.1, 0.15) is 10.9 Å². The van der Waals surface area contributed by atoms with E-state index in [0.717, 1.165) is 12.8 Å². The molecule has 4 nitrogen and oxygen atoms in total. The largest absolute Gasteiger partial charge is 0.480 e. The number of carboxylic acids is 1. The molecular formula is C11H14BrNO3S. The zero-order valence-corrected chi connectivity index (χ0v) is 11.8. The Morgan fingerprint density at radius 3 is 2.76 bits per heavy atom. The first-order valence-corrected chi connectivity index (χ1v) is 7.00. The molecule has 1 aromatic heterocycles. The molecule has 0 radical (unpaired) electrons. The van der Waals surface area contributed by atoms with E-state index in [9.17, 15) is 9.59 Å². The van der Waals surface area contributed by atoms with Gasteiger partial charge in [-0.1, -0.05) is 19.8 Å². The van der Waals surface area contributed by atoms with Gasteiger partial charge in [0.25, 0.3) is 5.91 Å². The van der Waals surface area contributed by atoms with Gasteiger partial charge < -0.3 is 10.4 Å². The number of nitrogens with one attached hydrogen (secondary N) is 1. The number of rotatable bonds is 6. The maximum absolute atomic E-state index is 11.8. The zero-order valence-electron chi connectivity index (χ0n) is 9.40. The fourth-order valence-corrected chi connectivity index (χ4v) is 2.80. The number of thiophene rings is 1. The number of halogens is 1. The fourth-order valence-electron chi connectivity index (χ4n) is 1.35. The van der Waals surface area contributed by atoms with Crippen LogP contribution in [-0.2, 0) is 4.79 Å². The molecule has 0 saturated heterocycles. The van der Waals surface area contributed by atoms with E-state index in [2.05, 4.69) is 21.2 Å². The van der Waals surface area contributed by atoms with Gasteiger partial charge in [0.05, 0.1) is 0 Å². The molecule has 2 N–H and O–H groups in total. The third-order valence-corrected chi connectivity index (χ3v) is 4.11. The van der Waals surface area contributed by atoms with Crippen LogP contribution in [0.2, 0.25) is 0 Å². The Morgan fingerprint density at radius 2 is 2.29 bits per heavy atom. The Morgan fingerprint density at radius 1 is 1.59 bits per heavy atom. The van der Waals surface area contributed by atoms with Gasteiger partial charge in [-0.25, -0.2) is 4.79 Å². The number of aliphatic carboxylic acids is 1. The molecule has 6 heteroatoms. The smallest absolute Gasteiger partial charge is 0.326 e. The second kappa shape index (κ2) is 6.76. The van der Waals surface area contributed by atoms with Crippen molar-refractivity contribution in [1.29, 1.82) is 0 Å². The monoisotopic (exact) mass is 319 g/mol. The minimum absolute atomic E-state index is 0.338. The average molecular weight is 320 g/mol. The first kappa shape index (κ1) is 14.2. The second-order valence-electron chi connectivity index (χ2n) is 3.60. The molecule has 1 atom stereocenters. The molecule has 1 heterocycles. The summed E-state index contributed by atoms with van der Waals surface area (Å²) in [5.41, 5.74) is 0. The molecule has 0 bridgehead atoms. The summed E-state index contributed by atoms with van der Waals surface area (Å²) in [6, 6.07) is 0.956. The van der Waals surface area contributed by atoms with E-state index >= 15 is 0 Å². The van der Waals surface area contributed by atoms with Gasteiger partial charge in [0.15, 0.2) is 0 Å². The molecule has 1 aromatic rings. The molecule has 1 amide bonds. The Hall–Kier alpha value is -0.880. The van der Waals surface area contributed by atoms with Gasteiger partial charge in [0.2, 0.25) is 0 Å². The average Bonchev–Trinajstić information content (AvgIpc) is 2.70. The van der Waals surface area contributed by atoms with Gasteiger partial charge in [-0.15, -0.1) is 11.3 Å². The van der Waals surface area contributed by atoms with E-state index in [0.29, 0.717) is 15.8 Å². The lowest BCUT2D eigenvalue weighted by molar-refractivity contribution is -0.139. The summed E-state index contributed by atoms with van der Waals surface area (Å²) < 4.78 is 0.694. The molecule has 17 heavy (non-hydrogen) atoms. The summed E-state index contributed by atoms with van der Waals surface area (Å²) >= 11 is 4.53. The van der Waals surface area contributed by atoms with Crippen molar-refractivity contribution in [2.24, 2.45) is 0 Å². The van der Waals surface area contributed by atoms with Gasteiger partial charge >= 0.3 is 5.97 Å². The maximum atomic E-state index is 11.8. The van der Waals surface area contributed by atoms with Crippen LogP contribution in [0.25, 0.3) is 0 Å². The Labute approximate surface area is 112 Å². The Balaban J connectivity index is 2.64. The molecule has 0 aliphatic heterocycles. The molecule has 1 unspecified atom stereocenters. The molecule has 94 valence electrons. The summed E-state index contributed by atoms with van der Waals surface area (Å²) in [6.07, 6.45) is 2.14. The summed E-state index contributed by atoms with van der Waals surface area (Å²) in [5, 5.41) is 13.3. The molecule has 0 aromatic carbocycles. The van der Waals surface area contributed by atoms with Crippen LogP contribution in [-0.4, -0.2) is 23.0 Å². The Kier molecular flexibility index (Phi) is 5.64. The van der Waals surface area contributed by atoms with E-state index in [-0.39, 0.29) is 5.91 Å². The van der Waals surface area contributed by atoms with Crippen molar-refractivity contribution in [3.05, 3.63) is 20.8 Å². The van der Waals surface area contributed by atoms with E-state index in [1.165, 1.54) is 11.3 Å². The molecule has 0 fully saturated rings. The van der Waals surface area contributed by atoms with Gasteiger partial charge in [-0.2, -0.15) is 0 Å². The first-order valence-electron chi connectivity index (χ1n) is 5.33. The summed E-state index contributed by atoms with van der Waals surface area (Å²) in [7, 11) is 0. The van der Waals surface area contributed by atoms with Crippen LogP contribution < -0.4 is 5.32 Å². The van der Waals surface area contributed by atoms with Gasteiger partial charge in [-0.3, -0.25) is 4.79 Å². The number of amides is 1. The van der Waals surface area contributed by atoms with Crippen molar-refractivity contribution in [2.45, 2.75) is 32.2 Å².